The molecule has 1 aromatic heterocycles. The van der Waals surface area contributed by atoms with Crippen LogP contribution >= 0.6 is 0 Å². The van der Waals surface area contributed by atoms with Gasteiger partial charge in [-0.15, -0.1) is 0 Å². The summed E-state index contributed by atoms with van der Waals surface area (Å²) in [7, 11) is 0. The lowest BCUT2D eigenvalue weighted by molar-refractivity contribution is 0.444. The normalized spacial score (nSPS) is 16.8. The molecule has 0 saturated heterocycles. The highest BCUT2D eigenvalue weighted by Gasteiger charge is 2.31. The van der Waals surface area contributed by atoms with E-state index < -0.39 is 0 Å². The van der Waals surface area contributed by atoms with Gasteiger partial charge in [-0.3, -0.25) is 0 Å². The van der Waals surface area contributed by atoms with E-state index in [-0.39, 0.29) is 0 Å². The van der Waals surface area contributed by atoms with E-state index in [1.165, 1.54) is 12.8 Å². The average Bonchev–Trinajstić information content (AvgIpc) is 3.17. The molecule has 2 N–H and O–H groups in total. The molecule has 1 saturated carbocycles. The van der Waals surface area contributed by atoms with Gasteiger partial charge in [0.2, 0.25) is 0 Å². The summed E-state index contributed by atoms with van der Waals surface area (Å²) in [5.41, 5.74) is 9.56. The molecule has 1 unspecified atom stereocenters. The Labute approximate surface area is 108 Å². The largest absolute Gasteiger partial charge is 0.383 e. The van der Waals surface area contributed by atoms with Crippen molar-refractivity contribution in [3.05, 3.63) is 36.0 Å². The van der Waals surface area contributed by atoms with Gasteiger partial charge in [0.1, 0.15) is 5.82 Å². The van der Waals surface area contributed by atoms with Gasteiger partial charge in [0, 0.05) is 5.56 Å². The van der Waals surface area contributed by atoms with Crippen molar-refractivity contribution in [2.45, 2.75) is 32.7 Å². The molecule has 18 heavy (non-hydrogen) atoms. The van der Waals surface area contributed by atoms with Gasteiger partial charge < -0.3 is 5.73 Å². The molecule has 1 atom stereocenters. The van der Waals surface area contributed by atoms with E-state index in [0.29, 0.717) is 6.04 Å². The number of anilines is 1. The van der Waals surface area contributed by atoms with Gasteiger partial charge in [0.05, 0.1) is 11.7 Å². The number of hydrogen-bond donors (Lipinski definition) is 1. The zero-order valence-corrected chi connectivity index (χ0v) is 10.9. The standard InChI is InChI=1S/C15H19N3/c1-10-14(13-6-4-3-5-7-13)15(16)18(17-10)11(2)12-8-9-12/h3-7,11-12H,8-9,16H2,1-2H3. The Bertz CT molecular complexity index is 553. The minimum Gasteiger partial charge on any atom is -0.383 e. The summed E-state index contributed by atoms with van der Waals surface area (Å²) in [6.07, 6.45) is 2.61. The Kier molecular flexibility index (Phi) is 2.62. The number of benzene rings is 1. The summed E-state index contributed by atoms with van der Waals surface area (Å²) >= 11 is 0. The summed E-state index contributed by atoms with van der Waals surface area (Å²) < 4.78 is 2.01. The molecule has 1 aliphatic carbocycles. The molecule has 3 nitrogen and oxygen atoms in total. The topological polar surface area (TPSA) is 43.8 Å². The lowest BCUT2D eigenvalue weighted by Gasteiger charge is -2.13. The maximum absolute atomic E-state index is 6.30. The van der Waals surface area contributed by atoms with Gasteiger partial charge in [0.25, 0.3) is 0 Å². The van der Waals surface area contributed by atoms with Gasteiger partial charge in [-0.25, -0.2) is 4.68 Å². The van der Waals surface area contributed by atoms with Crippen molar-refractivity contribution >= 4 is 5.82 Å². The van der Waals surface area contributed by atoms with Crippen LogP contribution < -0.4 is 5.73 Å². The molecule has 0 radical (unpaired) electrons. The van der Waals surface area contributed by atoms with Crippen molar-refractivity contribution in [3.8, 4) is 11.1 Å². The van der Waals surface area contributed by atoms with Crippen molar-refractivity contribution in [2.75, 3.05) is 5.73 Å². The van der Waals surface area contributed by atoms with Crippen LogP contribution in [0.25, 0.3) is 11.1 Å². The van der Waals surface area contributed by atoms with Crippen molar-refractivity contribution in [1.82, 2.24) is 9.78 Å². The van der Waals surface area contributed by atoms with E-state index in [1.807, 2.05) is 29.8 Å². The van der Waals surface area contributed by atoms with Crippen molar-refractivity contribution in [3.63, 3.8) is 0 Å². The Morgan fingerprint density at radius 1 is 1.28 bits per heavy atom. The van der Waals surface area contributed by atoms with Gasteiger partial charge in [-0.2, -0.15) is 5.10 Å². The number of nitrogens with two attached hydrogens (primary N) is 1. The number of rotatable bonds is 3. The third-order valence-electron chi connectivity index (χ3n) is 3.87. The molecule has 94 valence electrons. The Morgan fingerprint density at radius 3 is 2.56 bits per heavy atom. The fraction of sp³-hybridized carbons (Fsp3) is 0.400. The third kappa shape index (κ3) is 1.80. The highest BCUT2D eigenvalue weighted by atomic mass is 15.3. The minimum absolute atomic E-state index is 0.418. The fourth-order valence-corrected chi connectivity index (χ4v) is 2.62. The summed E-state index contributed by atoms with van der Waals surface area (Å²) in [5.74, 6) is 1.56. The molecule has 3 heteroatoms. The Balaban J connectivity index is 2.05. The fourth-order valence-electron chi connectivity index (χ4n) is 2.62. The van der Waals surface area contributed by atoms with Gasteiger partial charge in [0.15, 0.2) is 0 Å². The van der Waals surface area contributed by atoms with Crippen molar-refractivity contribution < 1.29 is 0 Å². The quantitative estimate of drug-likeness (QED) is 0.894. The molecule has 0 spiro atoms. The van der Waals surface area contributed by atoms with Crippen LogP contribution in [-0.4, -0.2) is 9.78 Å². The van der Waals surface area contributed by atoms with Crippen LogP contribution in [0.1, 0.15) is 31.5 Å². The first-order chi connectivity index (χ1) is 8.68. The predicted molar refractivity (Wildman–Crippen MR) is 74.2 cm³/mol. The minimum atomic E-state index is 0.418. The molecule has 1 aromatic carbocycles. The maximum atomic E-state index is 6.30. The van der Waals surface area contributed by atoms with Crippen LogP contribution in [0.3, 0.4) is 0 Å². The molecule has 1 aliphatic rings. The van der Waals surface area contributed by atoms with Crippen LogP contribution in [-0.2, 0) is 0 Å². The number of nitrogens with zero attached hydrogens (tertiary/aromatic N) is 2. The van der Waals surface area contributed by atoms with Crippen LogP contribution in [0.4, 0.5) is 5.82 Å². The number of aromatic nitrogens is 2. The smallest absolute Gasteiger partial charge is 0.130 e. The van der Waals surface area contributed by atoms with Crippen LogP contribution in [0.2, 0.25) is 0 Å². The first-order valence-corrected chi connectivity index (χ1v) is 6.58. The number of aryl methyl sites for hydroxylation is 1. The van der Waals surface area contributed by atoms with E-state index in [9.17, 15) is 0 Å². The lowest BCUT2D eigenvalue weighted by atomic mass is 10.1. The first kappa shape index (κ1) is 11.3. The maximum Gasteiger partial charge on any atom is 0.130 e. The number of nitrogen functional groups attached to an aromatic ring is 1. The zero-order valence-electron chi connectivity index (χ0n) is 10.9. The first-order valence-electron chi connectivity index (χ1n) is 6.58. The number of hydrogen-bond acceptors (Lipinski definition) is 2. The van der Waals surface area contributed by atoms with E-state index in [1.54, 1.807) is 0 Å². The van der Waals surface area contributed by atoms with Crippen LogP contribution in [0.15, 0.2) is 30.3 Å². The van der Waals surface area contributed by atoms with E-state index >= 15 is 0 Å². The molecular weight excluding hydrogens is 222 g/mol. The van der Waals surface area contributed by atoms with Crippen LogP contribution in [0.5, 0.6) is 0 Å². The third-order valence-corrected chi connectivity index (χ3v) is 3.87. The van der Waals surface area contributed by atoms with Gasteiger partial charge in [-0.1, -0.05) is 30.3 Å². The second-order valence-electron chi connectivity index (χ2n) is 5.23. The Morgan fingerprint density at radius 2 is 1.94 bits per heavy atom. The second-order valence-corrected chi connectivity index (χ2v) is 5.23. The summed E-state index contributed by atoms with van der Waals surface area (Å²) in [4.78, 5) is 0. The summed E-state index contributed by atoms with van der Waals surface area (Å²) in [5, 5.41) is 4.64. The molecular formula is C15H19N3. The van der Waals surface area contributed by atoms with Crippen molar-refractivity contribution in [2.24, 2.45) is 5.92 Å². The van der Waals surface area contributed by atoms with Crippen molar-refractivity contribution in [1.29, 1.82) is 0 Å². The second kappa shape index (κ2) is 4.16. The SMILES string of the molecule is Cc1nn(C(C)C2CC2)c(N)c1-c1ccccc1. The molecule has 0 aliphatic heterocycles. The lowest BCUT2D eigenvalue weighted by Crippen LogP contribution is -2.12. The monoisotopic (exact) mass is 241 g/mol. The summed E-state index contributed by atoms with van der Waals surface area (Å²) in [6.45, 7) is 4.25. The molecule has 1 fully saturated rings. The highest BCUT2D eigenvalue weighted by molar-refractivity contribution is 5.76. The van der Waals surface area contributed by atoms with E-state index in [0.717, 1.165) is 28.6 Å². The molecule has 1 heterocycles. The average molecular weight is 241 g/mol. The molecule has 3 rings (SSSR count). The molecule has 0 bridgehead atoms. The summed E-state index contributed by atoms with van der Waals surface area (Å²) in [6, 6.07) is 10.7. The van der Waals surface area contributed by atoms with Gasteiger partial charge in [-0.05, 0) is 38.2 Å². The highest BCUT2D eigenvalue weighted by Crippen LogP contribution is 2.41. The zero-order chi connectivity index (χ0) is 12.7. The Hall–Kier alpha value is -1.77. The van der Waals surface area contributed by atoms with Crippen LogP contribution in [0, 0.1) is 12.8 Å². The molecule has 2 aromatic rings. The van der Waals surface area contributed by atoms with E-state index in [2.05, 4.69) is 24.2 Å². The van der Waals surface area contributed by atoms with Gasteiger partial charge >= 0.3 is 0 Å². The molecule has 0 amide bonds. The van der Waals surface area contributed by atoms with E-state index in [4.69, 9.17) is 5.73 Å². The predicted octanol–water partition coefficient (Wildman–Crippen LogP) is 3.41.